The quantitative estimate of drug-likeness (QED) is 0.530. The van der Waals surface area contributed by atoms with Crippen molar-refractivity contribution < 1.29 is 9.47 Å². The van der Waals surface area contributed by atoms with Crippen LogP contribution in [0.3, 0.4) is 0 Å². The summed E-state index contributed by atoms with van der Waals surface area (Å²) in [6.07, 6.45) is 1.95. The zero-order valence-electron chi connectivity index (χ0n) is 17.6. The van der Waals surface area contributed by atoms with E-state index in [2.05, 4.69) is 58.9 Å². The Hall–Kier alpha value is -2.89. The van der Waals surface area contributed by atoms with Crippen molar-refractivity contribution in [1.82, 2.24) is 10.6 Å². The molecule has 1 aliphatic heterocycles. The number of aliphatic imine (C=N–C) groups is 1. The second-order valence-electron chi connectivity index (χ2n) is 7.11. The molecular weight excluding hydrogens is 364 g/mol. The second-order valence-corrected chi connectivity index (χ2v) is 7.11. The van der Waals surface area contributed by atoms with Crippen LogP contribution >= 0.6 is 0 Å². The highest BCUT2D eigenvalue weighted by Crippen LogP contribution is 2.27. The normalized spacial score (nSPS) is 16.6. The number of ether oxygens (including phenoxy) is 2. The van der Waals surface area contributed by atoms with E-state index in [-0.39, 0.29) is 0 Å². The van der Waals surface area contributed by atoms with Gasteiger partial charge in [0.25, 0.3) is 0 Å². The maximum Gasteiger partial charge on any atom is 0.191 e. The van der Waals surface area contributed by atoms with E-state index in [1.807, 2.05) is 12.1 Å². The van der Waals surface area contributed by atoms with Gasteiger partial charge in [-0.2, -0.15) is 0 Å². The fourth-order valence-corrected chi connectivity index (χ4v) is 3.60. The Balaban J connectivity index is 1.55. The average molecular weight is 397 g/mol. The number of nitrogens with zero attached hydrogens (tertiary/aromatic N) is 2. The highest BCUT2D eigenvalue weighted by atomic mass is 16.5. The summed E-state index contributed by atoms with van der Waals surface area (Å²) < 4.78 is 10.7. The Morgan fingerprint density at radius 2 is 1.90 bits per heavy atom. The van der Waals surface area contributed by atoms with Crippen molar-refractivity contribution in [2.75, 3.05) is 45.3 Å². The summed E-state index contributed by atoms with van der Waals surface area (Å²) in [5.41, 5.74) is 2.46. The Labute approximate surface area is 173 Å². The Morgan fingerprint density at radius 1 is 1.10 bits per heavy atom. The van der Waals surface area contributed by atoms with E-state index in [1.54, 1.807) is 14.2 Å². The van der Waals surface area contributed by atoms with Gasteiger partial charge in [-0.05, 0) is 49.6 Å². The minimum atomic E-state index is 0.397. The lowest BCUT2D eigenvalue weighted by atomic mass is 10.1. The molecule has 156 valence electrons. The average Bonchev–Trinajstić information content (AvgIpc) is 3.23. The molecule has 0 amide bonds. The number of hydrogen-bond acceptors (Lipinski definition) is 4. The van der Waals surface area contributed by atoms with Crippen LogP contribution < -0.4 is 25.0 Å². The fourth-order valence-electron chi connectivity index (χ4n) is 3.60. The van der Waals surface area contributed by atoms with E-state index in [4.69, 9.17) is 14.5 Å². The molecule has 3 rings (SSSR count). The SMILES string of the molecule is CCNC(=NCCc1ccc(OC)c(OC)c1)NC1CCN(c2ccccc2)C1. The lowest BCUT2D eigenvalue weighted by Gasteiger charge is -2.20. The van der Waals surface area contributed by atoms with E-state index in [1.165, 1.54) is 11.3 Å². The molecule has 6 nitrogen and oxygen atoms in total. The molecule has 29 heavy (non-hydrogen) atoms. The third kappa shape index (κ3) is 5.79. The van der Waals surface area contributed by atoms with Crippen molar-refractivity contribution in [3.8, 4) is 11.5 Å². The molecule has 1 aliphatic rings. The summed E-state index contributed by atoms with van der Waals surface area (Å²) in [4.78, 5) is 7.19. The number of benzene rings is 2. The minimum Gasteiger partial charge on any atom is -0.493 e. The highest BCUT2D eigenvalue weighted by Gasteiger charge is 2.23. The van der Waals surface area contributed by atoms with Gasteiger partial charge in [-0.3, -0.25) is 4.99 Å². The van der Waals surface area contributed by atoms with Crippen molar-refractivity contribution in [1.29, 1.82) is 0 Å². The molecule has 0 bridgehead atoms. The Morgan fingerprint density at radius 3 is 2.62 bits per heavy atom. The first-order chi connectivity index (χ1) is 14.2. The predicted octanol–water partition coefficient (Wildman–Crippen LogP) is 3.08. The molecule has 1 heterocycles. The number of para-hydroxylation sites is 1. The topological polar surface area (TPSA) is 58.1 Å². The van der Waals surface area contributed by atoms with Gasteiger partial charge in [-0.1, -0.05) is 24.3 Å². The van der Waals surface area contributed by atoms with Crippen molar-refractivity contribution in [3.05, 3.63) is 54.1 Å². The molecule has 0 radical (unpaired) electrons. The molecule has 2 N–H and O–H groups in total. The maximum atomic E-state index is 5.39. The largest absolute Gasteiger partial charge is 0.493 e. The Kier molecular flexibility index (Phi) is 7.61. The third-order valence-electron chi connectivity index (χ3n) is 5.11. The van der Waals surface area contributed by atoms with Crippen LogP contribution in [0.5, 0.6) is 11.5 Å². The van der Waals surface area contributed by atoms with Crippen LogP contribution in [0.2, 0.25) is 0 Å². The first kappa shape index (κ1) is 20.8. The first-order valence-electron chi connectivity index (χ1n) is 10.3. The fraction of sp³-hybridized carbons (Fsp3) is 0.435. The van der Waals surface area contributed by atoms with Crippen LogP contribution in [-0.4, -0.2) is 52.4 Å². The molecule has 0 saturated carbocycles. The number of methoxy groups -OCH3 is 2. The van der Waals surface area contributed by atoms with Gasteiger partial charge in [0, 0.05) is 37.9 Å². The molecule has 2 aromatic carbocycles. The van der Waals surface area contributed by atoms with Gasteiger partial charge < -0.3 is 25.0 Å². The van der Waals surface area contributed by atoms with Gasteiger partial charge in [0.15, 0.2) is 17.5 Å². The van der Waals surface area contributed by atoms with Crippen molar-refractivity contribution in [2.24, 2.45) is 4.99 Å². The minimum absolute atomic E-state index is 0.397. The van der Waals surface area contributed by atoms with Crippen molar-refractivity contribution in [3.63, 3.8) is 0 Å². The van der Waals surface area contributed by atoms with Gasteiger partial charge in [0.1, 0.15) is 0 Å². The zero-order chi connectivity index (χ0) is 20.5. The molecule has 1 saturated heterocycles. The van der Waals surface area contributed by atoms with Gasteiger partial charge in [0.2, 0.25) is 0 Å². The van der Waals surface area contributed by atoms with Gasteiger partial charge in [-0.25, -0.2) is 0 Å². The van der Waals surface area contributed by atoms with E-state index < -0.39 is 0 Å². The van der Waals surface area contributed by atoms with Crippen LogP contribution in [0.4, 0.5) is 5.69 Å². The van der Waals surface area contributed by atoms with E-state index in [0.29, 0.717) is 12.6 Å². The third-order valence-corrected chi connectivity index (χ3v) is 5.11. The smallest absolute Gasteiger partial charge is 0.191 e. The first-order valence-corrected chi connectivity index (χ1v) is 10.3. The Bertz CT molecular complexity index is 795. The van der Waals surface area contributed by atoms with Crippen molar-refractivity contribution in [2.45, 2.75) is 25.8 Å². The molecule has 1 atom stereocenters. The number of nitrogens with one attached hydrogen (secondary N) is 2. The molecule has 6 heteroatoms. The van der Waals surface area contributed by atoms with E-state index in [9.17, 15) is 0 Å². The second kappa shape index (κ2) is 10.6. The van der Waals surface area contributed by atoms with Crippen molar-refractivity contribution >= 4 is 11.6 Å². The molecule has 0 aromatic heterocycles. The van der Waals surface area contributed by atoms with Gasteiger partial charge in [0.05, 0.1) is 14.2 Å². The molecule has 0 aliphatic carbocycles. The van der Waals surface area contributed by atoms with E-state index >= 15 is 0 Å². The monoisotopic (exact) mass is 396 g/mol. The van der Waals surface area contributed by atoms with Gasteiger partial charge in [-0.15, -0.1) is 0 Å². The summed E-state index contributed by atoms with van der Waals surface area (Å²) in [5.74, 6) is 2.39. The molecule has 1 unspecified atom stereocenters. The molecule has 1 fully saturated rings. The predicted molar refractivity (Wildman–Crippen MR) is 119 cm³/mol. The van der Waals surface area contributed by atoms with Crippen LogP contribution in [0.15, 0.2) is 53.5 Å². The summed E-state index contributed by atoms with van der Waals surface area (Å²) in [7, 11) is 3.31. The van der Waals surface area contributed by atoms with Crippen LogP contribution in [0.25, 0.3) is 0 Å². The standard InChI is InChI=1S/C23H32N4O2/c1-4-24-23(25-14-12-18-10-11-21(28-2)22(16-18)29-3)26-19-13-15-27(17-19)20-8-6-5-7-9-20/h5-11,16,19H,4,12-15,17H2,1-3H3,(H2,24,25,26). The molecule has 0 spiro atoms. The number of hydrogen-bond donors (Lipinski definition) is 2. The van der Waals surface area contributed by atoms with Crippen LogP contribution in [0, 0.1) is 0 Å². The van der Waals surface area contributed by atoms with E-state index in [0.717, 1.165) is 49.9 Å². The highest BCUT2D eigenvalue weighted by molar-refractivity contribution is 5.80. The summed E-state index contributed by atoms with van der Waals surface area (Å²) in [6.45, 7) is 5.70. The maximum absolute atomic E-state index is 5.39. The number of anilines is 1. The van der Waals surface area contributed by atoms with Gasteiger partial charge >= 0.3 is 0 Å². The van der Waals surface area contributed by atoms with Crippen LogP contribution in [-0.2, 0) is 6.42 Å². The number of rotatable bonds is 8. The zero-order valence-corrected chi connectivity index (χ0v) is 17.6. The summed E-state index contributed by atoms with van der Waals surface area (Å²) >= 11 is 0. The van der Waals surface area contributed by atoms with Crippen LogP contribution in [0.1, 0.15) is 18.9 Å². The molecular formula is C23H32N4O2. The summed E-state index contributed by atoms with van der Waals surface area (Å²) in [5, 5.41) is 6.96. The number of guanidine groups is 1. The summed E-state index contributed by atoms with van der Waals surface area (Å²) in [6, 6.07) is 17.0. The lowest BCUT2D eigenvalue weighted by molar-refractivity contribution is 0.354. The molecule has 2 aromatic rings. The lowest BCUT2D eigenvalue weighted by Crippen LogP contribution is -2.44.